The Hall–Kier alpha value is -1.50. The van der Waals surface area contributed by atoms with Gasteiger partial charge in [-0.1, -0.05) is 0 Å². The minimum atomic E-state index is -2.45. The average Bonchev–Trinajstić information content (AvgIpc) is 2.92. The fourth-order valence-electron chi connectivity index (χ4n) is 2.98. The van der Waals surface area contributed by atoms with Gasteiger partial charge in [0.2, 0.25) is 5.91 Å². The summed E-state index contributed by atoms with van der Waals surface area (Å²) in [6.07, 6.45) is 3.48. The van der Waals surface area contributed by atoms with Crippen LogP contribution < -0.4 is 5.32 Å². The van der Waals surface area contributed by atoms with Crippen molar-refractivity contribution < 1.29 is 13.6 Å². The fraction of sp³-hybridized carbons (Fsp3) is 0.714. The number of alkyl halides is 2. The zero-order valence-corrected chi connectivity index (χ0v) is 11.8. The largest absolute Gasteiger partial charge is 0.308 e. The smallest absolute Gasteiger partial charge is 0.257 e. The SMILES string of the molecule is O=C(Nc1ccn(CC(F)F)n1)[C@@H](C1CC1)N1CCCC1. The number of rotatable bonds is 6. The fourth-order valence-corrected chi connectivity index (χ4v) is 2.98. The summed E-state index contributed by atoms with van der Waals surface area (Å²) < 4.78 is 25.7. The Balaban J connectivity index is 1.62. The Morgan fingerprint density at radius 3 is 2.71 bits per heavy atom. The third kappa shape index (κ3) is 3.58. The van der Waals surface area contributed by atoms with Crippen LogP contribution >= 0.6 is 0 Å². The van der Waals surface area contributed by atoms with Gasteiger partial charge in [-0.3, -0.25) is 14.4 Å². The van der Waals surface area contributed by atoms with E-state index in [1.807, 2.05) is 0 Å². The Kier molecular flexibility index (Phi) is 4.19. The Labute approximate surface area is 122 Å². The molecular formula is C14H20F2N4O. The molecule has 21 heavy (non-hydrogen) atoms. The first kappa shape index (κ1) is 14.4. The topological polar surface area (TPSA) is 50.2 Å². The maximum atomic E-state index is 12.5. The molecule has 5 nitrogen and oxygen atoms in total. The van der Waals surface area contributed by atoms with Gasteiger partial charge in [-0.15, -0.1) is 0 Å². The van der Waals surface area contributed by atoms with Crippen LogP contribution in [0.5, 0.6) is 0 Å². The maximum Gasteiger partial charge on any atom is 0.257 e. The van der Waals surface area contributed by atoms with Crippen LogP contribution in [0.4, 0.5) is 14.6 Å². The third-order valence-electron chi connectivity index (χ3n) is 4.09. The third-order valence-corrected chi connectivity index (χ3v) is 4.09. The monoisotopic (exact) mass is 298 g/mol. The van der Waals surface area contributed by atoms with Crippen LogP contribution in [-0.2, 0) is 11.3 Å². The first-order chi connectivity index (χ1) is 10.1. The van der Waals surface area contributed by atoms with Crippen molar-refractivity contribution in [1.29, 1.82) is 0 Å². The van der Waals surface area contributed by atoms with Crippen LogP contribution in [0.2, 0.25) is 0 Å². The van der Waals surface area contributed by atoms with E-state index in [0.717, 1.165) is 43.5 Å². The highest BCUT2D eigenvalue weighted by Crippen LogP contribution is 2.37. The lowest BCUT2D eigenvalue weighted by Crippen LogP contribution is -2.44. The predicted molar refractivity (Wildman–Crippen MR) is 74.2 cm³/mol. The molecule has 7 heteroatoms. The molecule has 1 aromatic heterocycles. The summed E-state index contributed by atoms with van der Waals surface area (Å²) in [5.41, 5.74) is 0. The number of aromatic nitrogens is 2. The van der Waals surface area contributed by atoms with E-state index in [4.69, 9.17) is 0 Å². The van der Waals surface area contributed by atoms with Crippen molar-refractivity contribution in [3.8, 4) is 0 Å². The number of carbonyl (C=O) groups excluding carboxylic acids is 1. The van der Waals surface area contributed by atoms with Crippen molar-refractivity contribution in [1.82, 2.24) is 14.7 Å². The molecule has 1 aliphatic heterocycles. The van der Waals surface area contributed by atoms with Gasteiger partial charge in [-0.05, 0) is 44.7 Å². The number of anilines is 1. The van der Waals surface area contributed by atoms with Gasteiger partial charge in [0.15, 0.2) is 5.82 Å². The van der Waals surface area contributed by atoms with Gasteiger partial charge in [0, 0.05) is 12.3 Å². The quantitative estimate of drug-likeness (QED) is 0.873. The highest BCUT2D eigenvalue weighted by atomic mass is 19.3. The lowest BCUT2D eigenvalue weighted by atomic mass is 10.1. The van der Waals surface area contributed by atoms with Crippen molar-refractivity contribution in [2.24, 2.45) is 5.92 Å². The standard InChI is InChI=1S/C14H20F2N4O/c15-11(16)9-20-8-5-12(18-20)17-14(21)13(10-3-4-10)19-6-1-2-7-19/h5,8,10-11,13H,1-4,6-7,9H2,(H,17,18,21)/t13-/m1/s1. The summed E-state index contributed by atoms with van der Waals surface area (Å²) >= 11 is 0. The molecule has 1 aromatic rings. The van der Waals surface area contributed by atoms with Gasteiger partial charge in [0.1, 0.15) is 6.54 Å². The summed E-state index contributed by atoms with van der Waals surface area (Å²) in [4.78, 5) is 14.7. The molecule has 0 unspecified atom stereocenters. The Morgan fingerprint density at radius 1 is 1.38 bits per heavy atom. The van der Waals surface area contributed by atoms with Gasteiger partial charge >= 0.3 is 0 Å². The summed E-state index contributed by atoms with van der Waals surface area (Å²) in [7, 11) is 0. The number of amides is 1. The molecule has 116 valence electrons. The van der Waals surface area contributed by atoms with Gasteiger partial charge in [-0.25, -0.2) is 8.78 Å². The second kappa shape index (κ2) is 6.09. The van der Waals surface area contributed by atoms with E-state index < -0.39 is 13.0 Å². The van der Waals surface area contributed by atoms with E-state index in [9.17, 15) is 13.6 Å². The first-order valence-electron chi connectivity index (χ1n) is 7.50. The molecular weight excluding hydrogens is 278 g/mol. The summed E-state index contributed by atoms with van der Waals surface area (Å²) in [6.45, 7) is 1.48. The molecule has 1 amide bonds. The minimum Gasteiger partial charge on any atom is -0.308 e. The number of nitrogens with one attached hydrogen (secondary N) is 1. The lowest BCUT2D eigenvalue weighted by Gasteiger charge is -2.25. The molecule has 1 atom stereocenters. The van der Waals surface area contributed by atoms with Crippen LogP contribution in [0.25, 0.3) is 0 Å². The van der Waals surface area contributed by atoms with Crippen LogP contribution in [0, 0.1) is 5.92 Å². The molecule has 0 bridgehead atoms. The van der Waals surface area contributed by atoms with E-state index in [-0.39, 0.29) is 11.9 Å². The number of hydrogen-bond donors (Lipinski definition) is 1. The highest BCUT2D eigenvalue weighted by molar-refractivity contribution is 5.94. The molecule has 2 fully saturated rings. The molecule has 3 rings (SSSR count). The van der Waals surface area contributed by atoms with Crippen LogP contribution in [-0.4, -0.2) is 46.1 Å². The van der Waals surface area contributed by atoms with E-state index in [1.54, 1.807) is 6.07 Å². The number of nitrogens with zero attached hydrogens (tertiary/aromatic N) is 3. The van der Waals surface area contributed by atoms with Gasteiger partial charge in [0.05, 0.1) is 6.04 Å². The van der Waals surface area contributed by atoms with Crippen LogP contribution in [0.15, 0.2) is 12.3 Å². The summed E-state index contributed by atoms with van der Waals surface area (Å²) in [5.74, 6) is 0.735. The molecule has 1 saturated heterocycles. The number of hydrogen-bond acceptors (Lipinski definition) is 3. The Bertz CT molecular complexity index is 495. The van der Waals surface area contributed by atoms with E-state index >= 15 is 0 Å². The van der Waals surface area contributed by atoms with Gasteiger partial charge < -0.3 is 5.32 Å². The Morgan fingerprint density at radius 2 is 2.10 bits per heavy atom. The zero-order chi connectivity index (χ0) is 14.8. The molecule has 0 spiro atoms. The van der Waals surface area contributed by atoms with Gasteiger partial charge in [0.25, 0.3) is 6.43 Å². The normalized spacial score (nSPS) is 20.9. The molecule has 2 aliphatic rings. The zero-order valence-electron chi connectivity index (χ0n) is 11.8. The molecule has 2 heterocycles. The molecule has 0 aromatic carbocycles. The molecule has 1 aliphatic carbocycles. The number of likely N-dealkylation sites (tertiary alicyclic amines) is 1. The van der Waals surface area contributed by atoms with E-state index in [0.29, 0.717) is 11.7 Å². The van der Waals surface area contributed by atoms with Crippen molar-refractivity contribution in [3.05, 3.63) is 12.3 Å². The van der Waals surface area contributed by atoms with Crippen molar-refractivity contribution in [2.75, 3.05) is 18.4 Å². The molecule has 0 radical (unpaired) electrons. The average molecular weight is 298 g/mol. The molecule has 1 saturated carbocycles. The van der Waals surface area contributed by atoms with E-state index in [2.05, 4.69) is 15.3 Å². The van der Waals surface area contributed by atoms with Crippen molar-refractivity contribution in [2.45, 2.75) is 44.7 Å². The van der Waals surface area contributed by atoms with Crippen molar-refractivity contribution >= 4 is 11.7 Å². The summed E-state index contributed by atoms with van der Waals surface area (Å²) in [5, 5.41) is 6.74. The number of halogens is 2. The minimum absolute atomic E-state index is 0.0540. The van der Waals surface area contributed by atoms with Crippen LogP contribution in [0.1, 0.15) is 25.7 Å². The predicted octanol–water partition coefficient (Wildman–Crippen LogP) is 1.96. The molecule has 1 N–H and O–H groups in total. The number of carbonyl (C=O) groups is 1. The highest BCUT2D eigenvalue weighted by Gasteiger charge is 2.41. The second-order valence-corrected chi connectivity index (χ2v) is 5.83. The van der Waals surface area contributed by atoms with Gasteiger partial charge in [-0.2, -0.15) is 5.10 Å². The first-order valence-corrected chi connectivity index (χ1v) is 7.50. The van der Waals surface area contributed by atoms with Crippen molar-refractivity contribution in [3.63, 3.8) is 0 Å². The van der Waals surface area contributed by atoms with E-state index in [1.165, 1.54) is 6.20 Å². The second-order valence-electron chi connectivity index (χ2n) is 5.83. The maximum absolute atomic E-state index is 12.5. The van der Waals surface area contributed by atoms with Crippen LogP contribution in [0.3, 0.4) is 0 Å². The lowest BCUT2D eigenvalue weighted by molar-refractivity contribution is -0.121. The summed E-state index contributed by atoms with van der Waals surface area (Å²) in [6, 6.07) is 1.47.